The van der Waals surface area contributed by atoms with Gasteiger partial charge < -0.3 is 19.4 Å². The highest BCUT2D eigenvalue weighted by atomic mass is 16.2. The Labute approximate surface area is 251 Å². The first-order valence-corrected chi connectivity index (χ1v) is 14.4. The predicted octanol–water partition coefficient (Wildman–Crippen LogP) is 6.16. The van der Waals surface area contributed by atoms with E-state index < -0.39 is 0 Å². The van der Waals surface area contributed by atoms with Crippen LogP contribution < -0.4 is 10.6 Å². The van der Waals surface area contributed by atoms with Gasteiger partial charge in [-0.05, 0) is 78.1 Å². The van der Waals surface area contributed by atoms with E-state index in [4.69, 9.17) is 0 Å². The average molecular weight is 562 g/mol. The second-order valence-corrected chi connectivity index (χ2v) is 12.4. The molecule has 0 bridgehead atoms. The molecular formula is C35H42BN4O2+2. The van der Waals surface area contributed by atoms with Crippen LogP contribution in [0.3, 0.4) is 0 Å². The van der Waals surface area contributed by atoms with Gasteiger partial charge in [0.15, 0.2) is 0 Å². The Morgan fingerprint density at radius 3 is 1.33 bits per heavy atom. The molecule has 0 aromatic heterocycles. The molecule has 0 aliphatic carbocycles. The molecule has 4 rings (SSSR count). The number of amides is 2. The maximum absolute atomic E-state index is 12.8. The number of carbonyl (C=O) groups excluding carboxylic acids is 2. The third-order valence-corrected chi connectivity index (χ3v) is 6.92. The van der Waals surface area contributed by atoms with Crippen LogP contribution in [0.1, 0.15) is 49.9 Å². The van der Waals surface area contributed by atoms with Crippen LogP contribution in [0.4, 0.5) is 11.4 Å². The van der Waals surface area contributed by atoms with Crippen molar-refractivity contribution in [3.63, 3.8) is 0 Å². The minimum Gasteiger partial charge on any atom is -0.337 e. The molecule has 0 heterocycles. The van der Waals surface area contributed by atoms with E-state index >= 15 is 0 Å². The zero-order valence-corrected chi connectivity index (χ0v) is 25.6. The lowest BCUT2D eigenvalue weighted by atomic mass is 9.97. The number of carbonyl (C=O) groups is 2. The summed E-state index contributed by atoms with van der Waals surface area (Å²) in [4.78, 5) is 25.4. The van der Waals surface area contributed by atoms with E-state index in [0.717, 1.165) is 50.7 Å². The molecule has 0 saturated carbocycles. The standard InChI is InChI=1S/C35H42BN4O2/c1-7-26-8-16-30(17-9-26)34(41)37-32-20-12-27(13-21-32)24-28-14-22-33(23-15-28)38-35(42)31-18-10-29(11-19-31)25-40(5,6)36-39(2,3)4/h8-23H,7,24-25H2,1-6H3,(H,37,41)(H,38,42)/q+2. The lowest BCUT2D eigenvalue weighted by Gasteiger charge is -2.32. The first-order chi connectivity index (χ1) is 19.9. The van der Waals surface area contributed by atoms with Gasteiger partial charge in [-0.25, -0.2) is 0 Å². The molecule has 4 aromatic carbocycles. The molecule has 0 unspecified atom stereocenters. The molecule has 2 amide bonds. The molecule has 42 heavy (non-hydrogen) atoms. The van der Waals surface area contributed by atoms with Gasteiger partial charge in [0.25, 0.3) is 11.8 Å². The van der Waals surface area contributed by atoms with Gasteiger partial charge in [-0.3, -0.25) is 9.59 Å². The summed E-state index contributed by atoms with van der Waals surface area (Å²) in [6, 6.07) is 31.3. The number of nitrogens with zero attached hydrogens (tertiary/aromatic N) is 2. The number of hydrogen-bond donors (Lipinski definition) is 2. The van der Waals surface area contributed by atoms with Crippen LogP contribution in [0, 0.1) is 0 Å². The first-order valence-electron chi connectivity index (χ1n) is 14.4. The molecule has 1 radical (unpaired) electrons. The minimum absolute atomic E-state index is 0.115. The molecule has 4 aromatic rings. The summed E-state index contributed by atoms with van der Waals surface area (Å²) in [5.74, 6) is -0.240. The van der Waals surface area contributed by atoms with Crippen LogP contribution in [0.2, 0.25) is 0 Å². The highest BCUT2D eigenvalue weighted by Crippen LogP contribution is 2.18. The number of benzene rings is 4. The fourth-order valence-electron chi connectivity index (χ4n) is 5.16. The van der Waals surface area contributed by atoms with Crippen molar-refractivity contribution in [1.82, 2.24) is 0 Å². The molecule has 0 spiro atoms. The zero-order valence-electron chi connectivity index (χ0n) is 25.6. The molecular weight excluding hydrogens is 519 g/mol. The average Bonchev–Trinajstić information content (AvgIpc) is 2.94. The van der Waals surface area contributed by atoms with Crippen molar-refractivity contribution in [3.8, 4) is 0 Å². The molecule has 6 nitrogen and oxygen atoms in total. The molecule has 0 aliphatic rings. The van der Waals surface area contributed by atoms with E-state index in [1.54, 1.807) is 0 Å². The maximum Gasteiger partial charge on any atom is 0.791 e. The van der Waals surface area contributed by atoms with Crippen molar-refractivity contribution in [1.29, 1.82) is 0 Å². The zero-order chi connectivity index (χ0) is 30.3. The van der Waals surface area contributed by atoms with E-state index in [1.165, 1.54) is 11.1 Å². The normalized spacial score (nSPS) is 11.6. The van der Waals surface area contributed by atoms with Crippen LogP contribution in [-0.4, -0.2) is 63.4 Å². The third kappa shape index (κ3) is 9.16. The fourth-order valence-corrected chi connectivity index (χ4v) is 5.16. The number of rotatable bonds is 11. The fraction of sp³-hybridized carbons (Fsp3) is 0.257. The van der Waals surface area contributed by atoms with E-state index in [-0.39, 0.29) is 11.8 Å². The van der Waals surface area contributed by atoms with E-state index in [1.807, 2.05) is 97.1 Å². The molecule has 0 aliphatic heterocycles. The van der Waals surface area contributed by atoms with Crippen LogP contribution >= 0.6 is 0 Å². The van der Waals surface area contributed by atoms with Gasteiger partial charge in [-0.1, -0.05) is 55.5 Å². The Balaban J connectivity index is 1.28. The van der Waals surface area contributed by atoms with Gasteiger partial charge >= 0.3 is 7.55 Å². The summed E-state index contributed by atoms with van der Waals surface area (Å²) in [6.45, 7) is 2.95. The second-order valence-electron chi connectivity index (χ2n) is 12.4. The van der Waals surface area contributed by atoms with E-state index in [2.05, 4.69) is 60.3 Å². The number of anilines is 2. The SMILES string of the molecule is CCc1ccc(C(=O)Nc2ccc(Cc3ccc(NC(=O)c4ccc(C[N+](C)(C)[B][N+](C)(C)C)cc4)cc3)cc2)cc1. The minimum atomic E-state index is -0.125. The van der Waals surface area contributed by atoms with Crippen molar-refractivity contribution in [3.05, 3.63) is 130 Å². The third-order valence-electron chi connectivity index (χ3n) is 6.92. The van der Waals surface area contributed by atoms with Gasteiger partial charge in [0.2, 0.25) is 0 Å². The first kappa shape index (κ1) is 30.8. The molecule has 2 N–H and O–H groups in total. The van der Waals surface area contributed by atoms with Crippen LogP contribution in [0.15, 0.2) is 97.1 Å². The molecule has 0 atom stereocenters. The van der Waals surface area contributed by atoms with E-state index in [9.17, 15) is 9.59 Å². The maximum atomic E-state index is 12.8. The van der Waals surface area contributed by atoms with Crippen molar-refractivity contribution in [2.45, 2.75) is 26.3 Å². The van der Waals surface area contributed by atoms with Crippen molar-refractivity contribution < 1.29 is 18.4 Å². The van der Waals surface area contributed by atoms with Crippen molar-refractivity contribution in [2.24, 2.45) is 0 Å². The lowest BCUT2D eigenvalue weighted by Crippen LogP contribution is -2.56. The Kier molecular flexibility index (Phi) is 9.66. The highest BCUT2D eigenvalue weighted by molar-refractivity contribution is 6.16. The Hall–Kier alpha value is -4.20. The van der Waals surface area contributed by atoms with Crippen LogP contribution in [0.25, 0.3) is 0 Å². The predicted molar refractivity (Wildman–Crippen MR) is 173 cm³/mol. The Morgan fingerprint density at radius 2 is 0.952 bits per heavy atom. The summed E-state index contributed by atoms with van der Waals surface area (Å²) in [5.41, 5.74) is 7.47. The van der Waals surface area contributed by atoms with Crippen LogP contribution in [0.5, 0.6) is 0 Å². The largest absolute Gasteiger partial charge is 0.791 e. The second kappa shape index (κ2) is 13.2. The quantitative estimate of drug-likeness (QED) is 0.216. The number of quaternary nitrogens is 2. The Morgan fingerprint density at radius 1 is 0.571 bits per heavy atom. The van der Waals surface area contributed by atoms with E-state index in [0.29, 0.717) is 11.1 Å². The lowest BCUT2D eigenvalue weighted by molar-refractivity contribution is -0.888. The van der Waals surface area contributed by atoms with Gasteiger partial charge in [0.1, 0.15) is 0 Å². The molecule has 215 valence electrons. The van der Waals surface area contributed by atoms with Gasteiger partial charge in [0.05, 0.1) is 41.8 Å². The summed E-state index contributed by atoms with van der Waals surface area (Å²) in [6.07, 6.45) is 1.70. The molecule has 0 fully saturated rings. The van der Waals surface area contributed by atoms with Gasteiger partial charge in [-0.15, -0.1) is 0 Å². The van der Waals surface area contributed by atoms with Gasteiger partial charge in [-0.2, -0.15) is 0 Å². The van der Waals surface area contributed by atoms with Crippen LogP contribution in [-0.2, 0) is 19.4 Å². The van der Waals surface area contributed by atoms with Gasteiger partial charge in [0, 0.05) is 28.1 Å². The molecule has 7 heteroatoms. The highest BCUT2D eigenvalue weighted by Gasteiger charge is 2.36. The summed E-state index contributed by atoms with van der Waals surface area (Å²) < 4.78 is 1.52. The number of aryl methyl sites for hydroxylation is 1. The van der Waals surface area contributed by atoms with Crippen molar-refractivity contribution in [2.75, 3.05) is 45.9 Å². The number of hydrogen-bond acceptors (Lipinski definition) is 2. The Bertz CT molecular complexity index is 1490. The number of nitrogens with one attached hydrogen (secondary N) is 2. The van der Waals surface area contributed by atoms with Crippen molar-refractivity contribution >= 4 is 30.7 Å². The summed E-state index contributed by atoms with van der Waals surface area (Å²) in [7, 11) is 13.1. The molecule has 0 saturated heterocycles. The topological polar surface area (TPSA) is 58.2 Å². The summed E-state index contributed by atoms with van der Waals surface area (Å²) >= 11 is 0. The summed E-state index contributed by atoms with van der Waals surface area (Å²) in [5, 5.41) is 5.97. The smallest absolute Gasteiger partial charge is 0.337 e. The monoisotopic (exact) mass is 561 g/mol.